The number of rotatable bonds is 1. The molecule has 0 spiro atoms. The second kappa shape index (κ2) is 3.84. The van der Waals surface area contributed by atoms with Crippen LogP contribution in [0.25, 0.3) is 0 Å². The Balaban J connectivity index is 1.93. The van der Waals surface area contributed by atoms with E-state index < -0.39 is 0 Å². The van der Waals surface area contributed by atoms with Crippen LogP contribution in [0.2, 0.25) is 5.02 Å². The Morgan fingerprint density at radius 1 is 1.12 bits per heavy atom. The molecule has 1 aromatic rings. The third kappa shape index (κ3) is 1.65. The molecule has 3 rings (SSSR count). The molecule has 0 unspecified atom stereocenters. The van der Waals surface area contributed by atoms with E-state index in [0.717, 1.165) is 12.0 Å². The SMILES string of the molecule is O=C1CC[C@H]2[C@@H](c3ccc(Cl)cc3)CC(=O)N12. The summed E-state index contributed by atoms with van der Waals surface area (Å²) in [7, 11) is 0. The van der Waals surface area contributed by atoms with Crippen molar-refractivity contribution in [2.75, 3.05) is 0 Å². The van der Waals surface area contributed by atoms with Crippen molar-refractivity contribution in [1.82, 2.24) is 4.90 Å². The summed E-state index contributed by atoms with van der Waals surface area (Å²) in [6.45, 7) is 0. The molecule has 0 radical (unpaired) electrons. The van der Waals surface area contributed by atoms with E-state index in [1.807, 2.05) is 24.3 Å². The van der Waals surface area contributed by atoms with Crippen LogP contribution in [-0.2, 0) is 9.59 Å². The zero-order chi connectivity index (χ0) is 12.0. The van der Waals surface area contributed by atoms with Crippen molar-refractivity contribution in [1.29, 1.82) is 0 Å². The van der Waals surface area contributed by atoms with E-state index in [1.54, 1.807) is 0 Å². The molecule has 4 heteroatoms. The average Bonchev–Trinajstić information content (AvgIpc) is 2.83. The number of fused-ring (bicyclic) bond motifs is 1. The zero-order valence-electron chi connectivity index (χ0n) is 9.23. The maximum atomic E-state index is 11.8. The lowest BCUT2D eigenvalue weighted by Gasteiger charge is -2.18. The van der Waals surface area contributed by atoms with Gasteiger partial charge >= 0.3 is 0 Å². The van der Waals surface area contributed by atoms with Gasteiger partial charge in [0.25, 0.3) is 0 Å². The van der Waals surface area contributed by atoms with E-state index in [4.69, 9.17) is 11.6 Å². The first-order chi connectivity index (χ1) is 8.16. The zero-order valence-corrected chi connectivity index (χ0v) is 9.98. The summed E-state index contributed by atoms with van der Waals surface area (Å²) in [6, 6.07) is 7.64. The van der Waals surface area contributed by atoms with Gasteiger partial charge < -0.3 is 0 Å². The Morgan fingerprint density at radius 3 is 2.53 bits per heavy atom. The average molecular weight is 250 g/mol. The molecule has 0 N–H and O–H groups in total. The smallest absolute Gasteiger partial charge is 0.230 e. The van der Waals surface area contributed by atoms with Crippen LogP contribution in [0.15, 0.2) is 24.3 Å². The second-order valence-corrected chi connectivity index (χ2v) is 5.06. The number of imide groups is 1. The molecule has 2 atom stereocenters. The number of carbonyl (C=O) groups excluding carboxylic acids is 2. The summed E-state index contributed by atoms with van der Waals surface area (Å²) >= 11 is 5.85. The van der Waals surface area contributed by atoms with Crippen molar-refractivity contribution in [2.45, 2.75) is 31.2 Å². The van der Waals surface area contributed by atoms with Gasteiger partial charge in [0.05, 0.1) is 0 Å². The monoisotopic (exact) mass is 249 g/mol. The third-order valence-electron chi connectivity index (χ3n) is 3.68. The summed E-state index contributed by atoms with van der Waals surface area (Å²) in [5, 5.41) is 0.692. The van der Waals surface area contributed by atoms with E-state index in [0.29, 0.717) is 17.9 Å². The lowest BCUT2D eigenvalue weighted by Crippen LogP contribution is -2.32. The van der Waals surface area contributed by atoms with Crippen LogP contribution in [0.4, 0.5) is 0 Å². The van der Waals surface area contributed by atoms with Crippen LogP contribution in [0.5, 0.6) is 0 Å². The van der Waals surface area contributed by atoms with Gasteiger partial charge in [-0.2, -0.15) is 0 Å². The fourth-order valence-corrected chi connectivity index (χ4v) is 3.01. The number of carbonyl (C=O) groups is 2. The predicted molar refractivity (Wildman–Crippen MR) is 63.7 cm³/mol. The molecule has 17 heavy (non-hydrogen) atoms. The summed E-state index contributed by atoms with van der Waals surface area (Å²) in [4.78, 5) is 24.8. The Kier molecular flexibility index (Phi) is 2.44. The molecular formula is C13H12ClNO2. The summed E-state index contributed by atoms with van der Waals surface area (Å²) in [5.74, 6) is 0.0973. The Bertz CT molecular complexity index is 483. The van der Waals surface area contributed by atoms with E-state index >= 15 is 0 Å². The minimum absolute atomic E-state index is 0.0172. The fourth-order valence-electron chi connectivity index (χ4n) is 2.88. The van der Waals surface area contributed by atoms with Crippen molar-refractivity contribution < 1.29 is 9.59 Å². The molecule has 2 saturated heterocycles. The number of benzene rings is 1. The van der Waals surface area contributed by atoms with Crippen molar-refractivity contribution in [3.05, 3.63) is 34.9 Å². The summed E-state index contributed by atoms with van der Waals surface area (Å²) in [6.07, 6.45) is 1.73. The highest BCUT2D eigenvalue weighted by molar-refractivity contribution is 6.30. The van der Waals surface area contributed by atoms with Crippen molar-refractivity contribution in [2.24, 2.45) is 0 Å². The predicted octanol–water partition coefficient (Wildman–Crippen LogP) is 2.34. The maximum absolute atomic E-state index is 11.8. The summed E-state index contributed by atoms with van der Waals surface area (Å²) in [5.41, 5.74) is 1.10. The standard InChI is InChI=1S/C13H12ClNO2/c14-9-3-1-8(2-4-9)10-7-13(17)15-11(10)5-6-12(15)16/h1-4,10-11H,5-7H2/t10-,11+/m1/s1. The normalized spacial score (nSPS) is 27.7. The number of nitrogens with zero attached hydrogens (tertiary/aromatic N) is 1. The van der Waals surface area contributed by atoms with E-state index in [2.05, 4.69) is 0 Å². The molecule has 2 aliphatic heterocycles. The second-order valence-electron chi connectivity index (χ2n) is 4.63. The minimum atomic E-state index is -0.0301. The molecule has 2 amide bonds. The molecule has 0 aliphatic carbocycles. The topological polar surface area (TPSA) is 37.4 Å². The molecule has 2 fully saturated rings. The maximum Gasteiger partial charge on any atom is 0.230 e. The number of halogens is 1. The van der Waals surface area contributed by atoms with Crippen molar-refractivity contribution in [3.63, 3.8) is 0 Å². The summed E-state index contributed by atoms with van der Waals surface area (Å²) < 4.78 is 0. The Morgan fingerprint density at radius 2 is 1.82 bits per heavy atom. The van der Waals surface area contributed by atoms with Crippen LogP contribution in [0.1, 0.15) is 30.7 Å². The molecule has 0 aromatic heterocycles. The van der Waals surface area contributed by atoms with Gasteiger partial charge in [0.15, 0.2) is 0 Å². The van der Waals surface area contributed by atoms with Gasteiger partial charge in [-0.25, -0.2) is 0 Å². The molecule has 3 nitrogen and oxygen atoms in total. The van der Waals surface area contributed by atoms with Gasteiger partial charge in [0, 0.05) is 29.8 Å². The van der Waals surface area contributed by atoms with E-state index in [-0.39, 0.29) is 23.8 Å². The lowest BCUT2D eigenvalue weighted by molar-refractivity contribution is -0.140. The van der Waals surface area contributed by atoms with Gasteiger partial charge in [-0.05, 0) is 24.1 Å². The van der Waals surface area contributed by atoms with E-state index in [1.165, 1.54) is 4.90 Å². The van der Waals surface area contributed by atoms with Crippen molar-refractivity contribution >= 4 is 23.4 Å². The highest BCUT2D eigenvalue weighted by Crippen LogP contribution is 2.40. The Labute approximate surface area is 104 Å². The first kappa shape index (κ1) is 10.8. The highest BCUT2D eigenvalue weighted by Gasteiger charge is 2.47. The fraction of sp³-hybridized carbons (Fsp3) is 0.385. The first-order valence-electron chi connectivity index (χ1n) is 5.77. The largest absolute Gasteiger partial charge is 0.279 e. The number of amides is 2. The van der Waals surface area contributed by atoms with Gasteiger partial charge in [-0.1, -0.05) is 23.7 Å². The van der Waals surface area contributed by atoms with Crippen LogP contribution in [0, 0.1) is 0 Å². The molecule has 2 aliphatic rings. The molecule has 1 aromatic carbocycles. The number of hydrogen-bond donors (Lipinski definition) is 0. The molecule has 0 bridgehead atoms. The molecular weight excluding hydrogens is 238 g/mol. The number of hydrogen-bond acceptors (Lipinski definition) is 2. The molecule has 0 saturated carbocycles. The van der Waals surface area contributed by atoms with Gasteiger partial charge in [0.2, 0.25) is 11.8 Å². The third-order valence-corrected chi connectivity index (χ3v) is 3.93. The molecule has 2 heterocycles. The van der Waals surface area contributed by atoms with E-state index in [9.17, 15) is 9.59 Å². The first-order valence-corrected chi connectivity index (χ1v) is 6.15. The highest BCUT2D eigenvalue weighted by atomic mass is 35.5. The van der Waals surface area contributed by atoms with Crippen molar-refractivity contribution in [3.8, 4) is 0 Å². The Hall–Kier alpha value is -1.35. The molecule has 88 valence electrons. The lowest BCUT2D eigenvalue weighted by atomic mass is 9.90. The quantitative estimate of drug-likeness (QED) is 0.717. The van der Waals surface area contributed by atoms with Gasteiger partial charge in [-0.3, -0.25) is 14.5 Å². The minimum Gasteiger partial charge on any atom is -0.279 e. The van der Waals surface area contributed by atoms with Crippen LogP contribution in [0.3, 0.4) is 0 Å². The van der Waals surface area contributed by atoms with Crippen LogP contribution >= 0.6 is 11.6 Å². The van der Waals surface area contributed by atoms with Crippen LogP contribution in [-0.4, -0.2) is 22.8 Å². The van der Waals surface area contributed by atoms with Crippen LogP contribution < -0.4 is 0 Å². The van der Waals surface area contributed by atoms with Gasteiger partial charge in [0.1, 0.15) is 0 Å². The van der Waals surface area contributed by atoms with Gasteiger partial charge in [-0.15, -0.1) is 0 Å².